The lowest BCUT2D eigenvalue weighted by Gasteiger charge is -2.35. The molecule has 0 saturated carbocycles. The molecular weight excluding hydrogens is 295 g/mol. The number of fused-ring (bicyclic) bond motifs is 1. The van der Waals surface area contributed by atoms with Gasteiger partial charge < -0.3 is 10.2 Å². The summed E-state index contributed by atoms with van der Waals surface area (Å²) in [5.41, 5.74) is 1.64. The average Bonchev–Trinajstić information content (AvgIpc) is 2.88. The van der Waals surface area contributed by atoms with E-state index in [1.165, 1.54) is 6.42 Å². The van der Waals surface area contributed by atoms with Crippen molar-refractivity contribution in [3.05, 3.63) is 34.3 Å². The zero-order valence-electron chi connectivity index (χ0n) is 11.6. The molecule has 2 unspecified atom stereocenters. The summed E-state index contributed by atoms with van der Waals surface area (Å²) in [7, 11) is 0. The Labute approximate surface area is 131 Å². The normalized spacial score (nSPS) is 25.0. The third kappa shape index (κ3) is 2.80. The Morgan fingerprint density at radius 1 is 1.40 bits per heavy atom. The van der Waals surface area contributed by atoms with E-state index in [1.54, 1.807) is 0 Å². The molecule has 3 nitrogen and oxygen atoms in total. The van der Waals surface area contributed by atoms with Crippen molar-refractivity contribution < 1.29 is 4.79 Å². The van der Waals surface area contributed by atoms with Crippen LogP contribution >= 0.6 is 24.0 Å². The number of amides is 1. The number of piperidine rings is 1. The molecule has 2 heterocycles. The van der Waals surface area contributed by atoms with E-state index < -0.39 is 0 Å². The highest BCUT2D eigenvalue weighted by molar-refractivity contribution is 6.31. The van der Waals surface area contributed by atoms with Crippen molar-refractivity contribution in [3.63, 3.8) is 0 Å². The van der Waals surface area contributed by atoms with Crippen LogP contribution in [0.25, 0.3) is 0 Å². The predicted octanol–water partition coefficient (Wildman–Crippen LogP) is 2.89. The molecular formula is C15H20Cl2N2O. The average molecular weight is 315 g/mol. The summed E-state index contributed by atoms with van der Waals surface area (Å²) in [6, 6.07) is 6.18. The highest BCUT2D eigenvalue weighted by atomic mass is 35.5. The first-order valence-corrected chi connectivity index (χ1v) is 7.32. The zero-order chi connectivity index (χ0) is 13.4. The second-order valence-corrected chi connectivity index (χ2v) is 5.97. The molecule has 2 atom stereocenters. The van der Waals surface area contributed by atoms with Crippen molar-refractivity contribution in [3.8, 4) is 0 Å². The highest BCUT2D eigenvalue weighted by Gasteiger charge is 2.34. The lowest BCUT2D eigenvalue weighted by molar-refractivity contribution is 0.0661. The summed E-state index contributed by atoms with van der Waals surface area (Å²) >= 11 is 6.11. The third-order valence-corrected chi connectivity index (χ3v) is 4.85. The van der Waals surface area contributed by atoms with Crippen LogP contribution in [-0.4, -0.2) is 36.5 Å². The van der Waals surface area contributed by atoms with E-state index in [0.717, 1.165) is 37.2 Å². The van der Waals surface area contributed by atoms with Gasteiger partial charge in [-0.2, -0.15) is 0 Å². The number of carbonyl (C=O) groups is 1. The van der Waals surface area contributed by atoms with Gasteiger partial charge in [-0.3, -0.25) is 4.79 Å². The smallest absolute Gasteiger partial charge is 0.254 e. The van der Waals surface area contributed by atoms with Crippen molar-refractivity contribution in [2.75, 3.05) is 19.6 Å². The number of halogens is 2. The van der Waals surface area contributed by atoms with Crippen LogP contribution in [0, 0.1) is 12.8 Å². The first-order valence-electron chi connectivity index (χ1n) is 6.94. The first-order chi connectivity index (χ1) is 9.16. The van der Waals surface area contributed by atoms with Crippen LogP contribution in [0.1, 0.15) is 28.8 Å². The minimum atomic E-state index is 0. The number of hydrogen-bond donors (Lipinski definition) is 1. The summed E-state index contributed by atoms with van der Waals surface area (Å²) in [6.45, 7) is 4.73. The number of rotatable bonds is 1. The molecule has 0 spiro atoms. The van der Waals surface area contributed by atoms with Gasteiger partial charge in [-0.15, -0.1) is 12.4 Å². The molecule has 5 heteroatoms. The Morgan fingerprint density at radius 2 is 2.20 bits per heavy atom. The Balaban J connectivity index is 0.00000147. The molecule has 0 aromatic heterocycles. The monoisotopic (exact) mass is 314 g/mol. The fourth-order valence-electron chi connectivity index (χ4n) is 3.24. The zero-order valence-corrected chi connectivity index (χ0v) is 13.1. The summed E-state index contributed by atoms with van der Waals surface area (Å²) < 4.78 is 0. The molecule has 0 aliphatic carbocycles. The molecule has 0 bridgehead atoms. The molecule has 1 aromatic carbocycles. The Hall–Kier alpha value is -0.770. The summed E-state index contributed by atoms with van der Waals surface area (Å²) in [5.74, 6) is 0.752. The molecule has 2 aliphatic rings. The van der Waals surface area contributed by atoms with Crippen LogP contribution in [0.4, 0.5) is 0 Å². The van der Waals surface area contributed by atoms with Gasteiger partial charge in [-0.25, -0.2) is 0 Å². The summed E-state index contributed by atoms with van der Waals surface area (Å²) in [5, 5.41) is 4.19. The minimum absolute atomic E-state index is 0. The van der Waals surface area contributed by atoms with Crippen LogP contribution < -0.4 is 5.32 Å². The fourth-order valence-corrected chi connectivity index (χ4v) is 3.42. The van der Waals surface area contributed by atoms with E-state index in [2.05, 4.69) is 5.32 Å². The quantitative estimate of drug-likeness (QED) is 0.864. The van der Waals surface area contributed by atoms with E-state index >= 15 is 0 Å². The maximum atomic E-state index is 12.6. The topological polar surface area (TPSA) is 32.3 Å². The molecule has 1 N–H and O–H groups in total. The van der Waals surface area contributed by atoms with Gasteiger partial charge in [0.1, 0.15) is 0 Å². The van der Waals surface area contributed by atoms with Crippen LogP contribution in [0.5, 0.6) is 0 Å². The summed E-state index contributed by atoms with van der Waals surface area (Å²) in [6.07, 6.45) is 2.25. The van der Waals surface area contributed by atoms with Gasteiger partial charge >= 0.3 is 0 Å². The van der Waals surface area contributed by atoms with Crippen LogP contribution in [0.2, 0.25) is 5.02 Å². The van der Waals surface area contributed by atoms with Gasteiger partial charge in [0.15, 0.2) is 0 Å². The number of benzene rings is 1. The molecule has 2 saturated heterocycles. The van der Waals surface area contributed by atoms with Crippen molar-refractivity contribution >= 4 is 29.9 Å². The van der Waals surface area contributed by atoms with Crippen molar-refractivity contribution in [1.29, 1.82) is 0 Å². The van der Waals surface area contributed by atoms with E-state index in [4.69, 9.17) is 11.6 Å². The summed E-state index contributed by atoms with van der Waals surface area (Å²) in [4.78, 5) is 14.6. The van der Waals surface area contributed by atoms with E-state index in [9.17, 15) is 4.79 Å². The second-order valence-electron chi connectivity index (χ2n) is 5.56. The molecule has 110 valence electrons. The number of likely N-dealkylation sites (tertiary alicyclic amines) is 1. The van der Waals surface area contributed by atoms with Crippen LogP contribution in [0.15, 0.2) is 18.2 Å². The van der Waals surface area contributed by atoms with Crippen LogP contribution in [0.3, 0.4) is 0 Å². The SMILES string of the molecule is Cc1c(Cl)cccc1C(=O)N1CCC2NCCC2C1.Cl. The lowest BCUT2D eigenvalue weighted by Crippen LogP contribution is -2.47. The number of hydrogen-bond acceptors (Lipinski definition) is 2. The van der Waals surface area contributed by atoms with Crippen molar-refractivity contribution in [2.24, 2.45) is 5.92 Å². The Kier molecular flexibility index (Phi) is 4.95. The Morgan fingerprint density at radius 3 is 3.00 bits per heavy atom. The van der Waals surface area contributed by atoms with Gasteiger partial charge in [-0.05, 0) is 49.9 Å². The van der Waals surface area contributed by atoms with E-state index in [1.807, 2.05) is 30.0 Å². The molecule has 2 fully saturated rings. The third-order valence-electron chi connectivity index (χ3n) is 4.44. The van der Waals surface area contributed by atoms with Gasteiger partial charge in [-0.1, -0.05) is 17.7 Å². The van der Waals surface area contributed by atoms with Crippen molar-refractivity contribution in [2.45, 2.75) is 25.8 Å². The van der Waals surface area contributed by atoms with E-state index in [0.29, 0.717) is 17.0 Å². The van der Waals surface area contributed by atoms with Gasteiger partial charge in [0.25, 0.3) is 5.91 Å². The fraction of sp³-hybridized carbons (Fsp3) is 0.533. The maximum absolute atomic E-state index is 12.6. The van der Waals surface area contributed by atoms with Crippen molar-refractivity contribution in [1.82, 2.24) is 10.2 Å². The van der Waals surface area contributed by atoms with Gasteiger partial charge in [0, 0.05) is 29.7 Å². The largest absolute Gasteiger partial charge is 0.338 e. The molecule has 0 radical (unpaired) electrons. The van der Waals surface area contributed by atoms with Gasteiger partial charge in [0.2, 0.25) is 0 Å². The molecule has 1 aromatic rings. The molecule has 1 amide bonds. The van der Waals surface area contributed by atoms with Gasteiger partial charge in [0.05, 0.1) is 0 Å². The number of nitrogens with zero attached hydrogens (tertiary/aromatic N) is 1. The Bertz CT molecular complexity index is 507. The lowest BCUT2D eigenvalue weighted by atomic mass is 9.92. The predicted molar refractivity (Wildman–Crippen MR) is 83.9 cm³/mol. The molecule has 3 rings (SSSR count). The highest BCUT2D eigenvalue weighted by Crippen LogP contribution is 2.27. The minimum Gasteiger partial charge on any atom is -0.338 e. The van der Waals surface area contributed by atoms with E-state index in [-0.39, 0.29) is 18.3 Å². The van der Waals surface area contributed by atoms with Crippen LogP contribution in [-0.2, 0) is 0 Å². The maximum Gasteiger partial charge on any atom is 0.254 e. The first kappa shape index (κ1) is 15.6. The molecule has 20 heavy (non-hydrogen) atoms. The second kappa shape index (κ2) is 6.33. The standard InChI is InChI=1S/C15H19ClN2O.ClH/c1-10-12(3-2-4-13(10)16)15(19)18-8-6-14-11(9-18)5-7-17-14;/h2-4,11,14,17H,5-9H2,1H3;1H. The number of carbonyl (C=O) groups excluding carboxylic acids is 1. The molecule has 2 aliphatic heterocycles. The number of nitrogens with one attached hydrogen (secondary N) is 1.